The van der Waals surface area contributed by atoms with E-state index in [4.69, 9.17) is 9.47 Å². The number of carbonyl (C=O) groups excluding carboxylic acids is 4. The Kier molecular flexibility index (Phi) is 10.9. The maximum Gasteiger partial charge on any atom is 0.313 e. The van der Waals surface area contributed by atoms with Crippen LogP contribution in [0.3, 0.4) is 0 Å². The van der Waals surface area contributed by atoms with Gasteiger partial charge in [0.1, 0.15) is 17.7 Å². The fourth-order valence-corrected chi connectivity index (χ4v) is 8.50. The van der Waals surface area contributed by atoms with Crippen molar-refractivity contribution in [2.75, 3.05) is 24.6 Å². The number of rotatable bonds is 14. The summed E-state index contributed by atoms with van der Waals surface area (Å²) < 4.78 is 12.9. The van der Waals surface area contributed by atoms with Crippen LogP contribution < -0.4 is 10.2 Å². The number of hydrogen-bond donors (Lipinski definition) is 2. The number of likely N-dealkylation sites (tertiary alicyclic amines) is 1. The Morgan fingerprint density at radius 1 is 1.19 bits per heavy atom. The van der Waals surface area contributed by atoms with Crippen molar-refractivity contribution in [1.29, 1.82) is 0 Å². The van der Waals surface area contributed by atoms with Gasteiger partial charge in [0.05, 0.1) is 30.6 Å². The molecule has 2 aromatic carbocycles. The molecule has 3 aliphatic rings. The number of esters is 1. The minimum atomic E-state index is -1.34. The molecule has 256 valence electrons. The highest BCUT2D eigenvalue weighted by molar-refractivity contribution is 9.09. The van der Waals surface area contributed by atoms with Crippen LogP contribution in [0, 0.1) is 25.7 Å². The van der Waals surface area contributed by atoms with Crippen LogP contribution >= 0.6 is 15.9 Å². The van der Waals surface area contributed by atoms with Gasteiger partial charge in [0, 0.05) is 30.0 Å². The molecule has 1 spiro atoms. The highest BCUT2D eigenvalue weighted by Gasteiger charge is 2.77. The van der Waals surface area contributed by atoms with Gasteiger partial charge in [0.25, 0.3) is 5.91 Å². The van der Waals surface area contributed by atoms with Crippen LogP contribution in [-0.2, 0) is 28.7 Å². The van der Waals surface area contributed by atoms with E-state index in [1.54, 1.807) is 24.0 Å². The summed E-state index contributed by atoms with van der Waals surface area (Å²) in [7, 11) is 0. The first-order chi connectivity index (χ1) is 23.0. The average molecular weight is 723 g/mol. The molecule has 1 unspecified atom stereocenters. The van der Waals surface area contributed by atoms with Gasteiger partial charge in [-0.25, -0.2) is 0 Å². The summed E-state index contributed by atoms with van der Waals surface area (Å²) in [6, 6.07) is 13.2. The third-order valence-corrected chi connectivity index (χ3v) is 10.5. The van der Waals surface area contributed by atoms with Crippen molar-refractivity contribution in [3.63, 3.8) is 0 Å². The van der Waals surface area contributed by atoms with Gasteiger partial charge in [-0.05, 0) is 56.4 Å². The van der Waals surface area contributed by atoms with E-state index >= 15 is 0 Å². The van der Waals surface area contributed by atoms with E-state index in [2.05, 4.69) is 34.4 Å². The van der Waals surface area contributed by atoms with Crippen molar-refractivity contribution in [3.05, 3.63) is 90.5 Å². The maximum absolute atomic E-state index is 14.7. The topological polar surface area (TPSA) is 125 Å². The molecule has 8 atom stereocenters. The molecule has 3 aliphatic heterocycles. The zero-order valence-electron chi connectivity index (χ0n) is 27.6. The zero-order chi connectivity index (χ0) is 34.7. The van der Waals surface area contributed by atoms with Crippen LogP contribution in [0.5, 0.6) is 0 Å². The van der Waals surface area contributed by atoms with Crippen LogP contribution in [0.2, 0.25) is 0 Å². The summed E-state index contributed by atoms with van der Waals surface area (Å²) in [5.41, 5.74) is 1.86. The highest BCUT2D eigenvalue weighted by atomic mass is 79.9. The molecular formula is C37H44BrN3O7. The van der Waals surface area contributed by atoms with Gasteiger partial charge in [0.2, 0.25) is 11.8 Å². The smallest absolute Gasteiger partial charge is 0.313 e. The monoisotopic (exact) mass is 721 g/mol. The Morgan fingerprint density at radius 2 is 1.92 bits per heavy atom. The average Bonchev–Trinajstić information content (AvgIpc) is 3.66. The van der Waals surface area contributed by atoms with Gasteiger partial charge in [-0.15, -0.1) is 13.2 Å². The molecule has 3 amide bonds. The maximum atomic E-state index is 14.7. The molecular weight excluding hydrogens is 678 g/mol. The number of aliphatic hydroxyl groups excluding tert-OH is 1. The molecule has 0 aromatic heterocycles. The van der Waals surface area contributed by atoms with Crippen LogP contribution in [0.15, 0.2) is 73.8 Å². The molecule has 48 heavy (non-hydrogen) atoms. The number of carbonyl (C=O) groups is 4. The fraction of sp³-hybridized carbons (Fsp3) is 0.459. The second-order valence-electron chi connectivity index (χ2n) is 12.9. The lowest BCUT2D eigenvalue weighted by Gasteiger charge is -2.37. The highest BCUT2D eigenvalue weighted by Crippen LogP contribution is 2.60. The van der Waals surface area contributed by atoms with Crippen LogP contribution in [-0.4, -0.2) is 82.0 Å². The molecule has 5 rings (SSSR count). The van der Waals surface area contributed by atoms with Gasteiger partial charge in [-0.3, -0.25) is 19.2 Å². The summed E-state index contributed by atoms with van der Waals surface area (Å²) in [6.45, 7) is 12.9. The number of allylic oxidation sites excluding steroid dienone is 1. The molecule has 2 N–H and O–H groups in total. The van der Waals surface area contributed by atoms with Gasteiger partial charge in [-0.2, -0.15) is 0 Å². The first kappa shape index (κ1) is 35.5. The lowest BCUT2D eigenvalue weighted by atomic mass is 9.70. The van der Waals surface area contributed by atoms with Crippen LogP contribution in [0.1, 0.15) is 49.0 Å². The van der Waals surface area contributed by atoms with Crippen molar-refractivity contribution < 1.29 is 33.8 Å². The number of amides is 3. The number of alkyl halides is 1. The Bertz CT molecular complexity index is 1570. The number of benzene rings is 2. The van der Waals surface area contributed by atoms with Crippen molar-refractivity contribution in [1.82, 2.24) is 10.2 Å². The fourth-order valence-electron chi connectivity index (χ4n) is 7.56. The number of aryl methyl sites for hydroxylation is 2. The third-order valence-electron chi connectivity index (χ3n) is 9.66. The Morgan fingerprint density at radius 3 is 2.58 bits per heavy atom. The lowest BCUT2D eigenvalue weighted by Crippen LogP contribution is -2.57. The molecule has 10 nitrogen and oxygen atoms in total. The summed E-state index contributed by atoms with van der Waals surface area (Å²) in [5.74, 6) is -3.71. The standard InChI is InChI=1S/C37H44BrN3O7/c1-6-8-14-28(43)39-24(5)31(25-12-10-9-11-13-25)47-36(46)29-30-34(44)41(18-19-42)33(37(30)21-26(38)32(29)48-37)35(45)40(17-7-2)27-20-22(3)15-16-23(27)4/h6-7,9-13,15-16,20,24,26,29-33,42H,1-2,8,14,17-19,21H2,3-5H3,(H,39,43)/t24-,26?,29+,30-,31-,32+,33+,37-/m0/s1. The lowest BCUT2D eigenvalue weighted by molar-refractivity contribution is -0.162. The SMILES string of the molecule is C=CCCC(=O)N[C@@H](C)[C@H](OC(=O)[C@H]1[C@@H]2O[C@@]3(CC2Br)[C@@H]1C(=O)N(CCO)[C@@H]3C(=O)N(CC=C)c1cc(C)ccc1C)c1ccccc1. The normalized spacial score (nSPS) is 26.8. The Hall–Kier alpha value is -3.80. The summed E-state index contributed by atoms with van der Waals surface area (Å²) in [5, 5.41) is 13.0. The Balaban J connectivity index is 1.50. The number of aliphatic hydroxyl groups is 1. The number of fused-ring (bicyclic) bond motifs is 1. The second kappa shape index (κ2) is 14.8. The van der Waals surface area contributed by atoms with Crippen molar-refractivity contribution in [3.8, 4) is 0 Å². The predicted octanol–water partition coefficient (Wildman–Crippen LogP) is 4.32. The van der Waals surface area contributed by atoms with E-state index in [1.165, 1.54) is 4.90 Å². The van der Waals surface area contributed by atoms with Crippen molar-refractivity contribution >= 4 is 45.3 Å². The largest absolute Gasteiger partial charge is 0.455 e. The molecule has 2 aromatic rings. The predicted molar refractivity (Wildman–Crippen MR) is 185 cm³/mol. The van der Waals surface area contributed by atoms with E-state index in [9.17, 15) is 24.3 Å². The van der Waals surface area contributed by atoms with Gasteiger partial charge >= 0.3 is 5.97 Å². The molecule has 3 saturated heterocycles. The second-order valence-corrected chi connectivity index (χ2v) is 14.1. The van der Waals surface area contributed by atoms with E-state index in [0.717, 1.165) is 11.1 Å². The van der Waals surface area contributed by atoms with Gasteiger partial charge < -0.3 is 29.7 Å². The molecule has 11 heteroatoms. The number of ether oxygens (including phenoxy) is 2. The molecule has 3 fully saturated rings. The number of halogens is 1. The summed E-state index contributed by atoms with van der Waals surface area (Å²) >= 11 is 3.70. The minimum Gasteiger partial charge on any atom is -0.455 e. The number of nitrogens with one attached hydrogen (secondary N) is 1. The number of β-amino-alcohol motifs (C(OH)–C–C–N with tert-alkyl or cyclic N) is 1. The van der Waals surface area contributed by atoms with E-state index in [1.807, 2.05) is 62.4 Å². The third kappa shape index (κ3) is 6.47. The Labute approximate surface area is 290 Å². The molecule has 3 heterocycles. The molecule has 0 saturated carbocycles. The first-order valence-electron chi connectivity index (χ1n) is 16.4. The summed E-state index contributed by atoms with van der Waals surface area (Å²) in [6.07, 6.45) is 2.76. The van der Waals surface area contributed by atoms with Gasteiger partial charge in [0.15, 0.2) is 0 Å². The number of anilines is 1. The van der Waals surface area contributed by atoms with E-state index in [-0.39, 0.29) is 42.8 Å². The van der Waals surface area contributed by atoms with Crippen LogP contribution in [0.4, 0.5) is 5.69 Å². The van der Waals surface area contributed by atoms with Gasteiger partial charge in [-0.1, -0.05) is 70.5 Å². The van der Waals surface area contributed by atoms with E-state index in [0.29, 0.717) is 24.1 Å². The molecule has 2 bridgehead atoms. The van der Waals surface area contributed by atoms with E-state index < -0.39 is 53.6 Å². The minimum absolute atomic E-state index is 0.106. The quantitative estimate of drug-likeness (QED) is 0.169. The zero-order valence-corrected chi connectivity index (χ0v) is 29.2. The number of hydrogen-bond acceptors (Lipinski definition) is 7. The first-order valence-corrected chi connectivity index (χ1v) is 17.3. The van der Waals surface area contributed by atoms with Crippen molar-refractivity contribution in [2.45, 2.75) is 74.8 Å². The molecule has 0 radical (unpaired) electrons. The van der Waals surface area contributed by atoms with Crippen molar-refractivity contribution in [2.24, 2.45) is 11.8 Å². The number of nitrogens with zero attached hydrogens (tertiary/aromatic N) is 2. The van der Waals surface area contributed by atoms with Crippen LogP contribution in [0.25, 0.3) is 0 Å². The summed E-state index contributed by atoms with van der Waals surface area (Å²) in [4.78, 5) is 58.6. The molecule has 0 aliphatic carbocycles.